The van der Waals surface area contributed by atoms with Gasteiger partial charge in [-0.15, -0.1) is 11.3 Å². The number of hydrogen-bond acceptors (Lipinski definition) is 6. The maximum absolute atomic E-state index is 12.0. The molecule has 2 N–H and O–H groups in total. The van der Waals surface area contributed by atoms with Crippen molar-refractivity contribution in [3.63, 3.8) is 0 Å². The zero-order chi connectivity index (χ0) is 19.3. The number of hydrogen-bond donors (Lipinski definition) is 2. The van der Waals surface area contributed by atoms with Crippen LogP contribution in [0.15, 0.2) is 28.1 Å². The van der Waals surface area contributed by atoms with Crippen LogP contribution in [0.4, 0.5) is 0 Å². The SMILES string of the molecule is CC(COC(=O)Cc1csc(-c2ccc(Cl)cc2Br)n1)C(C)CB(O)O. The summed E-state index contributed by atoms with van der Waals surface area (Å²) >= 11 is 10.9. The van der Waals surface area contributed by atoms with Crippen LogP contribution in [0.1, 0.15) is 19.5 Å². The van der Waals surface area contributed by atoms with E-state index in [1.807, 2.05) is 25.3 Å². The van der Waals surface area contributed by atoms with E-state index in [0.29, 0.717) is 10.7 Å². The van der Waals surface area contributed by atoms with E-state index in [4.69, 9.17) is 26.4 Å². The second-order valence-corrected chi connectivity index (χ2v) is 8.45. The Bertz CT molecular complexity index is 758. The molecule has 2 unspecified atom stereocenters. The normalized spacial score (nSPS) is 13.3. The third-order valence-electron chi connectivity index (χ3n) is 4.10. The fourth-order valence-electron chi connectivity index (χ4n) is 2.33. The second kappa shape index (κ2) is 9.85. The summed E-state index contributed by atoms with van der Waals surface area (Å²) in [5, 5.41) is 21.3. The Hall–Kier alpha value is -0.925. The first-order valence-electron chi connectivity index (χ1n) is 8.17. The van der Waals surface area contributed by atoms with E-state index < -0.39 is 7.12 Å². The number of halogens is 2. The van der Waals surface area contributed by atoms with E-state index in [1.165, 1.54) is 11.3 Å². The van der Waals surface area contributed by atoms with Gasteiger partial charge in [-0.3, -0.25) is 4.79 Å². The first-order valence-corrected chi connectivity index (χ1v) is 10.2. The van der Waals surface area contributed by atoms with Crippen LogP contribution >= 0.6 is 38.9 Å². The number of rotatable bonds is 8. The molecule has 2 rings (SSSR count). The first kappa shape index (κ1) is 21.4. The fourth-order valence-corrected chi connectivity index (χ4v) is 4.19. The lowest BCUT2D eigenvalue weighted by Gasteiger charge is -2.19. The van der Waals surface area contributed by atoms with Gasteiger partial charge in [0.25, 0.3) is 0 Å². The highest BCUT2D eigenvalue weighted by Crippen LogP contribution is 2.32. The molecule has 26 heavy (non-hydrogen) atoms. The van der Waals surface area contributed by atoms with Crippen molar-refractivity contribution in [2.75, 3.05) is 6.61 Å². The van der Waals surface area contributed by atoms with Crippen molar-refractivity contribution >= 4 is 52.0 Å². The van der Waals surface area contributed by atoms with Crippen molar-refractivity contribution in [3.05, 3.63) is 38.8 Å². The molecule has 140 valence electrons. The highest BCUT2D eigenvalue weighted by Gasteiger charge is 2.20. The summed E-state index contributed by atoms with van der Waals surface area (Å²) in [6.07, 6.45) is 0.357. The molecule has 0 radical (unpaired) electrons. The molecule has 0 fully saturated rings. The first-order chi connectivity index (χ1) is 12.3. The molecule has 1 heterocycles. The minimum atomic E-state index is -1.34. The molecule has 2 aromatic rings. The van der Waals surface area contributed by atoms with Crippen LogP contribution in [0.5, 0.6) is 0 Å². The van der Waals surface area contributed by atoms with Crippen LogP contribution in [0.2, 0.25) is 11.3 Å². The van der Waals surface area contributed by atoms with Crippen LogP contribution in [0, 0.1) is 11.8 Å². The maximum Gasteiger partial charge on any atom is 0.451 e. The molecule has 0 saturated carbocycles. The van der Waals surface area contributed by atoms with Crippen molar-refractivity contribution in [2.24, 2.45) is 11.8 Å². The Morgan fingerprint density at radius 1 is 1.38 bits per heavy atom. The molecule has 2 atom stereocenters. The predicted molar refractivity (Wildman–Crippen MR) is 108 cm³/mol. The number of ether oxygens (including phenoxy) is 1. The molecule has 9 heteroatoms. The van der Waals surface area contributed by atoms with Crippen molar-refractivity contribution in [2.45, 2.75) is 26.6 Å². The van der Waals surface area contributed by atoms with Crippen LogP contribution in [-0.4, -0.2) is 34.7 Å². The lowest BCUT2D eigenvalue weighted by Crippen LogP contribution is -2.23. The Morgan fingerprint density at radius 3 is 2.77 bits per heavy atom. The highest BCUT2D eigenvalue weighted by atomic mass is 79.9. The van der Waals surface area contributed by atoms with E-state index in [1.54, 1.807) is 12.1 Å². The van der Waals surface area contributed by atoms with Gasteiger partial charge in [0.1, 0.15) is 5.01 Å². The molecular weight excluding hydrogens is 440 g/mol. The third-order valence-corrected chi connectivity index (χ3v) is 5.92. The second-order valence-electron chi connectivity index (χ2n) is 6.30. The van der Waals surface area contributed by atoms with Gasteiger partial charge in [-0.05, 0) is 36.4 Å². The molecular formula is C17H20BBrClNO4S. The van der Waals surface area contributed by atoms with Crippen molar-refractivity contribution in [3.8, 4) is 10.6 Å². The third kappa shape index (κ3) is 6.35. The van der Waals surface area contributed by atoms with Gasteiger partial charge in [0.2, 0.25) is 0 Å². The molecule has 0 amide bonds. The number of benzene rings is 1. The lowest BCUT2D eigenvalue weighted by molar-refractivity contribution is -0.144. The van der Waals surface area contributed by atoms with Gasteiger partial charge in [-0.25, -0.2) is 4.98 Å². The summed E-state index contributed by atoms with van der Waals surface area (Å²) in [5.74, 6) is -0.270. The number of nitrogens with zero attached hydrogens (tertiary/aromatic N) is 1. The Balaban J connectivity index is 1.89. The lowest BCUT2D eigenvalue weighted by atomic mass is 9.75. The number of thiazole rings is 1. The summed E-state index contributed by atoms with van der Waals surface area (Å²) < 4.78 is 6.15. The average Bonchev–Trinajstić information content (AvgIpc) is 3.00. The van der Waals surface area contributed by atoms with Crippen LogP contribution in [0.25, 0.3) is 10.6 Å². The predicted octanol–water partition coefficient (Wildman–Crippen LogP) is 4.06. The van der Waals surface area contributed by atoms with E-state index in [2.05, 4.69) is 20.9 Å². The summed E-state index contributed by atoms with van der Waals surface area (Å²) in [6, 6.07) is 5.48. The molecule has 0 aliphatic heterocycles. The van der Waals surface area contributed by atoms with Crippen molar-refractivity contribution < 1.29 is 19.6 Å². The monoisotopic (exact) mass is 459 g/mol. The van der Waals surface area contributed by atoms with Crippen molar-refractivity contribution in [1.82, 2.24) is 4.98 Å². The molecule has 0 aliphatic carbocycles. The average molecular weight is 461 g/mol. The van der Waals surface area contributed by atoms with Gasteiger partial charge >= 0.3 is 13.1 Å². The Morgan fingerprint density at radius 2 is 2.12 bits per heavy atom. The standard InChI is InChI=1S/C17H20BBrClNO4S/c1-10(7-18(23)24)11(2)8-25-16(22)6-13-9-26-17(21-13)14-4-3-12(20)5-15(14)19/h3-5,9-11,23-24H,6-8H2,1-2H3. The van der Waals surface area contributed by atoms with Gasteiger partial charge in [0.05, 0.1) is 18.7 Å². The highest BCUT2D eigenvalue weighted by molar-refractivity contribution is 9.10. The van der Waals surface area contributed by atoms with Crippen LogP contribution < -0.4 is 0 Å². The summed E-state index contributed by atoms with van der Waals surface area (Å²) in [6.45, 7) is 4.06. The quantitative estimate of drug-likeness (QED) is 0.459. The van der Waals surface area contributed by atoms with E-state index in [9.17, 15) is 4.79 Å². The topological polar surface area (TPSA) is 79.7 Å². The van der Waals surface area contributed by atoms with Gasteiger partial charge in [-0.1, -0.05) is 41.4 Å². The van der Waals surface area contributed by atoms with E-state index in [-0.39, 0.29) is 37.2 Å². The fraction of sp³-hybridized carbons (Fsp3) is 0.412. The Kier molecular flexibility index (Phi) is 8.10. The summed E-state index contributed by atoms with van der Waals surface area (Å²) in [4.78, 5) is 16.5. The number of aromatic nitrogens is 1. The maximum atomic E-state index is 12.0. The van der Waals surface area contributed by atoms with Crippen LogP contribution in [-0.2, 0) is 16.0 Å². The largest absolute Gasteiger partial charge is 0.465 e. The molecule has 0 aliphatic rings. The minimum Gasteiger partial charge on any atom is -0.465 e. The van der Waals surface area contributed by atoms with Gasteiger partial charge in [0.15, 0.2) is 0 Å². The van der Waals surface area contributed by atoms with Gasteiger partial charge in [0, 0.05) is 20.4 Å². The summed E-state index contributed by atoms with van der Waals surface area (Å²) in [7, 11) is -1.34. The van der Waals surface area contributed by atoms with Gasteiger partial charge < -0.3 is 14.8 Å². The molecule has 1 aromatic heterocycles. The van der Waals surface area contributed by atoms with E-state index in [0.717, 1.165) is 15.0 Å². The zero-order valence-corrected chi connectivity index (χ0v) is 17.6. The molecule has 0 spiro atoms. The van der Waals surface area contributed by atoms with Gasteiger partial charge in [-0.2, -0.15) is 0 Å². The molecule has 0 bridgehead atoms. The Labute approximate surface area is 170 Å². The number of carbonyl (C=O) groups is 1. The molecule has 5 nitrogen and oxygen atoms in total. The molecule has 0 saturated heterocycles. The van der Waals surface area contributed by atoms with E-state index >= 15 is 0 Å². The number of esters is 1. The van der Waals surface area contributed by atoms with Crippen LogP contribution in [0.3, 0.4) is 0 Å². The smallest absolute Gasteiger partial charge is 0.451 e. The molecule has 1 aromatic carbocycles. The number of carbonyl (C=O) groups excluding carboxylic acids is 1. The minimum absolute atomic E-state index is 0.0379. The zero-order valence-electron chi connectivity index (χ0n) is 14.5. The van der Waals surface area contributed by atoms with Crippen molar-refractivity contribution in [1.29, 1.82) is 0 Å². The summed E-state index contributed by atoms with van der Waals surface area (Å²) in [5.41, 5.74) is 1.58.